The second-order valence-corrected chi connectivity index (χ2v) is 6.61. The predicted molar refractivity (Wildman–Crippen MR) is 114 cm³/mol. The van der Waals surface area contributed by atoms with Gasteiger partial charge in [0, 0.05) is 12.1 Å². The van der Waals surface area contributed by atoms with Crippen molar-refractivity contribution in [1.82, 2.24) is 5.32 Å². The smallest absolute Gasteiger partial charge is 0.331 e. The van der Waals surface area contributed by atoms with Crippen LogP contribution in [0.25, 0.3) is 16.8 Å². The van der Waals surface area contributed by atoms with Crippen molar-refractivity contribution in [2.45, 2.75) is 13.0 Å². The molecule has 0 spiro atoms. The van der Waals surface area contributed by atoms with Crippen molar-refractivity contribution in [2.75, 3.05) is 6.61 Å². The molecule has 7 nitrogen and oxygen atoms in total. The number of benzene rings is 3. The number of carbonyl (C=O) groups is 2. The first-order valence-electron chi connectivity index (χ1n) is 9.31. The van der Waals surface area contributed by atoms with Gasteiger partial charge in [0.15, 0.2) is 6.61 Å². The van der Waals surface area contributed by atoms with Crippen LogP contribution in [0, 0.1) is 10.1 Å². The lowest BCUT2D eigenvalue weighted by molar-refractivity contribution is -0.385. The standard InChI is InChI=1S/C23H20N2O5/c1-16(19-11-6-9-17-7-2-4-10-20(17)19)24-22(26)15-30-23(27)14-13-18-8-3-5-12-21(18)25(28)29/h2-14,16H,15H2,1H3,(H,24,26)/b14-13+/t16-/m1/s1. The Kier molecular flexibility index (Phi) is 6.54. The molecule has 7 heteroatoms. The summed E-state index contributed by atoms with van der Waals surface area (Å²) < 4.78 is 4.94. The maximum absolute atomic E-state index is 12.2. The van der Waals surface area contributed by atoms with Crippen molar-refractivity contribution >= 4 is 34.4 Å². The molecule has 1 atom stereocenters. The molecular weight excluding hydrogens is 384 g/mol. The van der Waals surface area contributed by atoms with Gasteiger partial charge in [-0.25, -0.2) is 4.79 Å². The lowest BCUT2D eigenvalue weighted by atomic mass is 10.00. The molecule has 3 aromatic carbocycles. The predicted octanol–water partition coefficient (Wildman–Crippen LogP) is 4.18. The van der Waals surface area contributed by atoms with Crippen molar-refractivity contribution in [1.29, 1.82) is 0 Å². The molecule has 0 heterocycles. The molecule has 0 saturated heterocycles. The van der Waals surface area contributed by atoms with Crippen LogP contribution in [-0.2, 0) is 14.3 Å². The van der Waals surface area contributed by atoms with E-state index in [9.17, 15) is 19.7 Å². The van der Waals surface area contributed by atoms with Gasteiger partial charge >= 0.3 is 5.97 Å². The van der Waals surface area contributed by atoms with E-state index in [-0.39, 0.29) is 17.3 Å². The number of fused-ring (bicyclic) bond motifs is 1. The first kappa shape index (κ1) is 20.7. The average Bonchev–Trinajstić information content (AvgIpc) is 2.75. The Morgan fingerprint density at radius 1 is 1.07 bits per heavy atom. The highest BCUT2D eigenvalue weighted by molar-refractivity contribution is 5.90. The van der Waals surface area contributed by atoms with Crippen molar-refractivity contribution in [3.05, 3.63) is 94.0 Å². The Labute approximate surface area is 173 Å². The second-order valence-electron chi connectivity index (χ2n) is 6.61. The summed E-state index contributed by atoms with van der Waals surface area (Å²) in [6.45, 7) is 1.41. The number of esters is 1. The number of nitro benzene ring substituents is 1. The van der Waals surface area contributed by atoms with E-state index in [2.05, 4.69) is 5.32 Å². The summed E-state index contributed by atoms with van der Waals surface area (Å²) in [6.07, 6.45) is 2.35. The van der Waals surface area contributed by atoms with Gasteiger partial charge in [0.2, 0.25) is 0 Å². The Morgan fingerprint density at radius 2 is 1.77 bits per heavy atom. The first-order valence-corrected chi connectivity index (χ1v) is 9.31. The third-order valence-corrected chi connectivity index (χ3v) is 4.55. The minimum Gasteiger partial charge on any atom is -0.452 e. The van der Waals surface area contributed by atoms with Crippen molar-refractivity contribution < 1.29 is 19.2 Å². The van der Waals surface area contributed by atoms with E-state index in [1.54, 1.807) is 6.07 Å². The molecule has 0 aromatic heterocycles. The van der Waals surface area contributed by atoms with Gasteiger partial charge in [-0.2, -0.15) is 0 Å². The molecule has 1 N–H and O–H groups in total. The molecule has 0 fully saturated rings. The second kappa shape index (κ2) is 9.47. The number of rotatable bonds is 7. The molecule has 0 unspecified atom stereocenters. The van der Waals surface area contributed by atoms with Gasteiger partial charge in [0.25, 0.3) is 11.6 Å². The maximum Gasteiger partial charge on any atom is 0.331 e. The zero-order chi connectivity index (χ0) is 21.5. The number of hydrogen-bond donors (Lipinski definition) is 1. The van der Waals surface area contributed by atoms with Gasteiger partial charge in [-0.3, -0.25) is 14.9 Å². The average molecular weight is 404 g/mol. The minimum atomic E-state index is -0.763. The van der Waals surface area contributed by atoms with E-state index in [0.717, 1.165) is 22.4 Å². The third-order valence-electron chi connectivity index (χ3n) is 4.55. The fraction of sp³-hybridized carbons (Fsp3) is 0.130. The maximum atomic E-state index is 12.2. The number of nitrogens with zero attached hydrogens (tertiary/aromatic N) is 1. The van der Waals surface area contributed by atoms with Gasteiger partial charge in [-0.1, -0.05) is 54.6 Å². The third kappa shape index (κ3) is 5.08. The normalized spacial score (nSPS) is 11.9. The molecule has 0 aliphatic rings. The van der Waals surface area contributed by atoms with Crippen LogP contribution in [0.4, 0.5) is 5.69 Å². The summed E-state index contributed by atoms with van der Waals surface area (Å²) in [5, 5.41) is 15.9. The first-order chi connectivity index (χ1) is 14.5. The van der Waals surface area contributed by atoms with Gasteiger partial charge in [0.1, 0.15) is 0 Å². The number of carbonyl (C=O) groups excluding carboxylic acids is 2. The van der Waals surface area contributed by atoms with E-state index in [1.165, 1.54) is 24.3 Å². The quantitative estimate of drug-likeness (QED) is 0.276. The largest absolute Gasteiger partial charge is 0.452 e. The highest BCUT2D eigenvalue weighted by Crippen LogP contribution is 2.24. The Hall–Kier alpha value is -4.00. The number of hydrogen-bond acceptors (Lipinski definition) is 5. The lowest BCUT2D eigenvalue weighted by Crippen LogP contribution is -2.31. The van der Waals surface area contributed by atoms with Crippen LogP contribution in [0.5, 0.6) is 0 Å². The summed E-state index contributed by atoms with van der Waals surface area (Å²) in [4.78, 5) is 34.5. The summed E-state index contributed by atoms with van der Waals surface area (Å²) in [6, 6.07) is 19.5. The zero-order valence-electron chi connectivity index (χ0n) is 16.3. The van der Waals surface area contributed by atoms with Gasteiger partial charge < -0.3 is 10.1 Å². The van der Waals surface area contributed by atoms with Crippen LogP contribution in [0.15, 0.2) is 72.8 Å². The Morgan fingerprint density at radius 3 is 2.57 bits per heavy atom. The fourth-order valence-electron chi connectivity index (χ4n) is 3.13. The minimum absolute atomic E-state index is 0.122. The van der Waals surface area contributed by atoms with E-state index >= 15 is 0 Å². The van der Waals surface area contributed by atoms with Crippen LogP contribution in [0.1, 0.15) is 24.1 Å². The molecule has 0 aliphatic carbocycles. The fourth-order valence-corrected chi connectivity index (χ4v) is 3.13. The van der Waals surface area contributed by atoms with Crippen LogP contribution >= 0.6 is 0 Å². The zero-order valence-corrected chi connectivity index (χ0v) is 16.3. The number of ether oxygens (including phenoxy) is 1. The molecule has 0 bridgehead atoms. The number of para-hydroxylation sites is 1. The van der Waals surface area contributed by atoms with E-state index < -0.39 is 23.4 Å². The lowest BCUT2D eigenvalue weighted by Gasteiger charge is -2.16. The van der Waals surface area contributed by atoms with E-state index in [1.807, 2.05) is 49.4 Å². The number of nitro groups is 1. The Balaban J connectivity index is 1.57. The highest BCUT2D eigenvalue weighted by atomic mass is 16.6. The molecule has 152 valence electrons. The molecular formula is C23H20N2O5. The molecule has 0 radical (unpaired) electrons. The highest BCUT2D eigenvalue weighted by Gasteiger charge is 2.14. The molecule has 3 rings (SSSR count). The molecule has 3 aromatic rings. The molecule has 0 saturated carbocycles. The molecule has 0 aliphatic heterocycles. The van der Waals surface area contributed by atoms with Crippen molar-refractivity contribution in [2.24, 2.45) is 0 Å². The summed E-state index contributed by atoms with van der Waals surface area (Å²) in [5.41, 5.74) is 1.11. The topological polar surface area (TPSA) is 98.5 Å². The van der Waals surface area contributed by atoms with Crippen LogP contribution < -0.4 is 5.32 Å². The number of nitrogens with one attached hydrogen (secondary N) is 1. The van der Waals surface area contributed by atoms with Crippen molar-refractivity contribution in [3.8, 4) is 0 Å². The van der Waals surface area contributed by atoms with E-state index in [0.29, 0.717) is 0 Å². The Bertz CT molecular complexity index is 1120. The molecule has 1 amide bonds. The SMILES string of the molecule is C[C@@H](NC(=O)COC(=O)/C=C/c1ccccc1[N+](=O)[O-])c1cccc2ccccc12. The van der Waals surface area contributed by atoms with E-state index in [4.69, 9.17) is 4.74 Å². The van der Waals surface area contributed by atoms with Gasteiger partial charge in [-0.05, 0) is 35.4 Å². The monoisotopic (exact) mass is 404 g/mol. The van der Waals surface area contributed by atoms with Gasteiger partial charge in [0.05, 0.1) is 16.5 Å². The van der Waals surface area contributed by atoms with Crippen LogP contribution in [0.2, 0.25) is 0 Å². The van der Waals surface area contributed by atoms with Crippen molar-refractivity contribution in [3.63, 3.8) is 0 Å². The van der Waals surface area contributed by atoms with Gasteiger partial charge in [-0.15, -0.1) is 0 Å². The number of amides is 1. The molecule has 30 heavy (non-hydrogen) atoms. The summed E-state index contributed by atoms with van der Waals surface area (Å²) in [7, 11) is 0. The van der Waals surface area contributed by atoms with Crippen LogP contribution in [0.3, 0.4) is 0 Å². The van der Waals surface area contributed by atoms with Crippen LogP contribution in [-0.4, -0.2) is 23.4 Å². The summed E-state index contributed by atoms with van der Waals surface area (Å²) >= 11 is 0. The summed E-state index contributed by atoms with van der Waals surface area (Å²) in [5.74, 6) is -1.20.